The van der Waals surface area contributed by atoms with Gasteiger partial charge >= 0.3 is 8.80 Å². The third-order valence-corrected chi connectivity index (χ3v) is 8.44. The Morgan fingerprint density at radius 3 is 2.04 bits per heavy atom. The van der Waals surface area contributed by atoms with E-state index in [1.54, 1.807) is 21.3 Å². The van der Waals surface area contributed by atoms with Crippen LogP contribution in [0, 0.1) is 5.92 Å². The lowest BCUT2D eigenvalue weighted by Gasteiger charge is -2.28. The normalized spacial score (nSPS) is 21.3. The first-order valence-corrected chi connectivity index (χ1v) is 11.5. The lowest BCUT2D eigenvalue weighted by atomic mass is 9.78. The SMILES string of the molecule is CCC1CCC(c2ccc(OCCC[Si](OC)(OC)OC)cc2)CC1. The van der Waals surface area contributed by atoms with Crippen molar-refractivity contribution in [2.24, 2.45) is 5.92 Å². The van der Waals surface area contributed by atoms with E-state index in [1.807, 2.05) is 0 Å². The van der Waals surface area contributed by atoms with Gasteiger partial charge in [0, 0.05) is 27.4 Å². The summed E-state index contributed by atoms with van der Waals surface area (Å²) in [5.41, 5.74) is 1.46. The third-order valence-electron chi connectivity index (χ3n) is 5.60. The summed E-state index contributed by atoms with van der Waals surface area (Å²) >= 11 is 0. The van der Waals surface area contributed by atoms with Crippen molar-refractivity contribution in [3.8, 4) is 5.75 Å². The Morgan fingerprint density at radius 1 is 0.920 bits per heavy atom. The second-order valence-corrected chi connectivity index (χ2v) is 10.0. The zero-order chi connectivity index (χ0) is 18.1. The first-order valence-electron chi connectivity index (χ1n) is 9.54. The highest BCUT2D eigenvalue weighted by Gasteiger charge is 2.36. The fraction of sp³-hybridized carbons (Fsp3) is 0.700. The predicted octanol–water partition coefficient (Wildman–Crippen LogP) is 5.02. The van der Waals surface area contributed by atoms with Crippen LogP contribution in [0.25, 0.3) is 0 Å². The maximum atomic E-state index is 5.87. The molecule has 1 aromatic rings. The molecule has 4 nitrogen and oxygen atoms in total. The van der Waals surface area contributed by atoms with Crippen LogP contribution in [0.1, 0.15) is 56.9 Å². The van der Waals surface area contributed by atoms with E-state index in [2.05, 4.69) is 31.2 Å². The first kappa shape index (κ1) is 20.4. The van der Waals surface area contributed by atoms with E-state index in [0.717, 1.165) is 30.1 Å². The highest BCUT2D eigenvalue weighted by molar-refractivity contribution is 6.60. The van der Waals surface area contributed by atoms with Crippen molar-refractivity contribution >= 4 is 8.80 Å². The molecule has 5 heteroatoms. The summed E-state index contributed by atoms with van der Waals surface area (Å²) in [5.74, 6) is 2.61. The Labute approximate surface area is 154 Å². The van der Waals surface area contributed by atoms with Gasteiger partial charge in [-0.05, 0) is 61.6 Å². The number of ether oxygens (including phenoxy) is 1. The van der Waals surface area contributed by atoms with Crippen molar-refractivity contribution in [3.05, 3.63) is 29.8 Å². The summed E-state index contributed by atoms with van der Waals surface area (Å²) in [6.07, 6.45) is 7.60. The standard InChI is InChI=1S/C20H34O4Si/c1-5-17-7-9-18(10-8-17)19-11-13-20(14-12-19)24-15-6-16-25(21-2,22-3)23-4/h11-14,17-18H,5-10,15-16H2,1-4H3. The van der Waals surface area contributed by atoms with Gasteiger partial charge in [-0.25, -0.2) is 0 Å². The van der Waals surface area contributed by atoms with E-state index in [1.165, 1.54) is 37.7 Å². The molecule has 0 spiro atoms. The van der Waals surface area contributed by atoms with E-state index >= 15 is 0 Å². The molecule has 0 atom stereocenters. The van der Waals surface area contributed by atoms with Crippen molar-refractivity contribution < 1.29 is 18.0 Å². The zero-order valence-corrected chi connectivity index (χ0v) is 17.3. The molecule has 1 saturated carbocycles. The molecule has 1 fully saturated rings. The number of hydrogen-bond donors (Lipinski definition) is 0. The minimum absolute atomic E-state index is 0.645. The van der Waals surface area contributed by atoms with Gasteiger partial charge in [-0.1, -0.05) is 25.5 Å². The zero-order valence-electron chi connectivity index (χ0n) is 16.3. The monoisotopic (exact) mass is 366 g/mol. The van der Waals surface area contributed by atoms with Crippen molar-refractivity contribution in [2.45, 2.75) is 57.4 Å². The molecule has 0 aromatic heterocycles. The Bertz CT molecular complexity index is 471. The second-order valence-electron chi connectivity index (χ2n) is 6.94. The van der Waals surface area contributed by atoms with Crippen LogP contribution in [-0.4, -0.2) is 36.7 Å². The van der Waals surface area contributed by atoms with Crippen LogP contribution in [0.3, 0.4) is 0 Å². The molecular formula is C20H34O4Si. The summed E-state index contributed by atoms with van der Waals surface area (Å²) in [7, 11) is 2.46. The molecule has 1 aliphatic carbocycles. The highest BCUT2D eigenvalue weighted by Crippen LogP contribution is 2.37. The lowest BCUT2D eigenvalue weighted by molar-refractivity contribution is 0.121. The summed E-state index contributed by atoms with van der Waals surface area (Å²) in [6, 6.07) is 9.45. The predicted molar refractivity (Wildman–Crippen MR) is 103 cm³/mol. The van der Waals surface area contributed by atoms with Crippen LogP contribution in [0.15, 0.2) is 24.3 Å². The average Bonchev–Trinajstić information content (AvgIpc) is 2.69. The molecule has 1 aliphatic rings. The van der Waals surface area contributed by atoms with Crippen molar-refractivity contribution in [1.82, 2.24) is 0 Å². The number of rotatable bonds is 10. The van der Waals surface area contributed by atoms with Crippen LogP contribution in [-0.2, 0) is 13.3 Å². The smallest absolute Gasteiger partial charge is 0.494 e. The summed E-state index contributed by atoms with van der Waals surface area (Å²) < 4.78 is 22.1. The molecule has 0 saturated heterocycles. The van der Waals surface area contributed by atoms with Gasteiger partial charge in [-0.2, -0.15) is 0 Å². The van der Waals surface area contributed by atoms with Gasteiger partial charge in [0.2, 0.25) is 0 Å². The quantitative estimate of drug-likeness (QED) is 0.430. The van der Waals surface area contributed by atoms with Crippen molar-refractivity contribution in [3.63, 3.8) is 0 Å². The molecule has 0 aliphatic heterocycles. The maximum Gasteiger partial charge on any atom is 0.500 e. The van der Waals surface area contributed by atoms with Gasteiger partial charge in [-0.15, -0.1) is 0 Å². The van der Waals surface area contributed by atoms with E-state index in [-0.39, 0.29) is 0 Å². The molecule has 2 rings (SSSR count). The topological polar surface area (TPSA) is 36.9 Å². The van der Waals surface area contributed by atoms with Crippen LogP contribution in [0.4, 0.5) is 0 Å². The second kappa shape index (κ2) is 10.3. The molecule has 0 radical (unpaired) electrons. The molecule has 25 heavy (non-hydrogen) atoms. The Kier molecular flexibility index (Phi) is 8.43. The van der Waals surface area contributed by atoms with Gasteiger partial charge in [0.1, 0.15) is 5.75 Å². The highest BCUT2D eigenvalue weighted by atomic mass is 28.4. The van der Waals surface area contributed by atoms with Gasteiger partial charge in [0.15, 0.2) is 0 Å². The van der Waals surface area contributed by atoms with E-state index in [9.17, 15) is 0 Å². The molecule has 142 valence electrons. The Morgan fingerprint density at radius 2 is 1.52 bits per heavy atom. The molecule has 0 heterocycles. The molecule has 0 unspecified atom stereocenters. The fourth-order valence-corrected chi connectivity index (χ4v) is 5.46. The van der Waals surface area contributed by atoms with Crippen molar-refractivity contribution in [1.29, 1.82) is 0 Å². The molecule has 0 bridgehead atoms. The largest absolute Gasteiger partial charge is 0.500 e. The maximum absolute atomic E-state index is 5.87. The van der Waals surface area contributed by atoms with Gasteiger partial charge < -0.3 is 18.0 Å². The fourth-order valence-electron chi connectivity index (χ4n) is 3.78. The van der Waals surface area contributed by atoms with E-state index in [4.69, 9.17) is 18.0 Å². The van der Waals surface area contributed by atoms with Crippen LogP contribution in [0.5, 0.6) is 5.75 Å². The number of benzene rings is 1. The Balaban J connectivity index is 1.75. The lowest BCUT2D eigenvalue weighted by Crippen LogP contribution is -2.42. The van der Waals surface area contributed by atoms with Gasteiger partial charge in [0.05, 0.1) is 6.61 Å². The average molecular weight is 367 g/mol. The first-order chi connectivity index (χ1) is 12.2. The van der Waals surface area contributed by atoms with Gasteiger partial charge in [0.25, 0.3) is 0 Å². The number of hydrogen-bond acceptors (Lipinski definition) is 4. The summed E-state index contributed by atoms with van der Waals surface area (Å²) in [5, 5.41) is 0. The summed E-state index contributed by atoms with van der Waals surface area (Å²) in [6.45, 7) is 2.96. The minimum atomic E-state index is -2.48. The minimum Gasteiger partial charge on any atom is -0.494 e. The van der Waals surface area contributed by atoms with Crippen LogP contribution in [0.2, 0.25) is 6.04 Å². The van der Waals surface area contributed by atoms with Crippen LogP contribution >= 0.6 is 0 Å². The van der Waals surface area contributed by atoms with E-state index < -0.39 is 8.80 Å². The third kappa shape index (κ3) is 5.81. The summed E-state index contributed by atoms with van der Waals surface area (Å²) in [4.78, 5) is 0. The molecule has 0 amide bonds. The van der Waals surface area contributed by atoms with Gasteiger partial charge in [-0.3, -0.25) is 0 Å². The molecule has 0 N–H and O–H groups in total. The molecule has 1 aromatic carbocycles. The molecular weight excluding hydrogens is 332 g/mol. The van der Waals surface area contributed by atoms with E-state index in [0.29, 0.717) is 6.61 Å². The van der Waals surface area contributed by atoms with Crippen molar-refractivity contribution in [2.75, 3.05) is 27.9 Å². The van der Waals surface area contributed by atoms with Crippen LogP contribution < -0.4 is 4.74 Å². The Hall–Kier alpha value is -0.883.